The molecule has 0 saturated heterocycles. The summed E-state index contributed by atoms with van der Waals surface area (Å²) in [7, 11) is 1.36. The average Bonchev–Trinajstić information content (AvgIpc) is 2.78. The first-order valence-electron chi connectivity index (χ1n) is 5.27. The van der Waals surface area contributed by atoms with E-state index >= 15 is 0 Å². The molecule has 0 radical (unpaired) electrons. The topological polar surface area (TPSA) is 77.0 Å². The molecule has 0 aromatic carbocycles. The molecule has 0 fully saturated rings. The number of nitrogens with zero attached hydrogens (tertiary/aromatic N) is 3. The van der Waals surface area contributed by atoms with Crippen molar-refractivity contribution in [2.75, 3.05) is 12.4 Å². The fourth-order valence-corrected chi connectivity index (χ4v) is 2.23. The second-order valence-electron chi connectivity index (χ2n) is 3.49. The highest BCUT2D eigenvalue weighted by molar-refractivity contribution is 7.17. The molecule has 0 bridgehead atoms. The molecule has 18 heavy (non-hydrogen) atoms. The SMILES string of the molecule is COC(=O)c1sc(NCc2cccnn2)nc1C. The van der Waals surface area contributed by atoms with Crippen molar-refractivity contribution in [3.63, 3.8) is 0 Å². The number of carbonyl (C=O) groups excluding carboxylic acids is 1. The molecule has 2 heterocycles. The highest BCUT2D eigenvalue weighted by Gasteiger charge is 2.15. The summed E-state index contributed by atoms with van der Waals surface area (Å²) in [5, 5.41) is 11.5. The van der Waals surface area contributed by atoms with E-state index in [-0.39, 0.29) is 5.97 Å². The molecule has 7 heteroatoms. The molecule has 0 aliphatic heterocycles. The Morgan fingerprint density at radius 3 is 3.06 bits per heavy atom. The third kappa shape index (κ3) is 2.80. The second-order valence-corrected chi connectivity index (χ2v) is 4.49. The van der Waals surface area contributed by atoms with Crippen molar-refractivity contribution in [3.8, 4) is 0 Å². The van der Waals surface area contributed by atoms with Crippen LogP contribution in [-0.4, -0.2) is 28.3 Å². The van der Waals surface area contributed by atoms with Gasteiger partial charge in [0.25, 0.3) is 0 Å². The molecule has 0 amide bonds. The first kappa shape index (κ1) is 12.4. The smallest absolute Gasteiger partial charge is 0.350 e. The Hall–Kier alpha value is -2.02. The number of carbonyl (C=O) groups is 1. The van der Waals surface area contributed by atoms with Crippen molar-refractivity contribution < 1.29 is 9.53 Å². The fraction of sp³-hybridized carbons (Fsp3) is 0.273. The summed E-state index contributed by atoms with van der Waals surface area (Å²) in [4.78, 5) is 16.2. The minimum absolute atomic E-state index is 0.363. The van der Waals surface area contributed by atoms with Gasteiger partial charge in [-0.05, 0) is 19.1 Å². The lowest BCUT2D eigenvalue weighted by molar-refractivity contribution is 0.0605. The second kappa shape index (κ2) is 5.54. The van der Waals surface area contributed by atoms with Gasteiger partial charge in [-0.1, -0.05) is 11.3 Å². The van der Waals surface area contributed by atoms with Gasteiger partial charge in [0.05, 0.1) is 25.0 Å². The maximum absolute atomic E-state index is 11.4. The van der Waals surface area contributed by atoms with Crippen LogP contribution in [0, 0.1) is 6.92 Å². The molecular formula is C11H12N4O2S. The Morgan fingerprint density at radius 2 is 2.39 bits per heavy atom. The van der Waals surface area contributed by atoms with Crippen molar-refractivity contribution in [2.24, 2.45) is 0 Å². The van der Waals surface area contributed by atoms with Crippen molar-refractivity contribution in [2.45, 2.75) is 13.5 Å². The third-order valence-corrected chi connectivity index (χ3v) is 3.31. The van der Waals surface area contributed by atoms with E-state index in [1.54, 1.807) is 13.1 Å². The lowest BCUT2D eigenvalue weighted by atomic mass is 10.4. The van der Waals surface area contributed by atoms with Crippen molar-refractivity contribution in [3.05, 3.63) is 34.6 Å². The van der Waals surface area contributed by atoms with Gasteiger partial charge >= 0.3 is 5.97 Å². The van der Waals surface area contributed by atoms with Crippen LogP contribution in [0.2, 0.25) is 0 Å². The number of esters is 1. The lowest BCUT2D eigenvalue weighted by Crippen LogP contribution is -2.01. The highest BCUT2D eigenvalue weighted by atomic mass is 32.1. The summed E-state index contributed by atoms with van der Waals surface area (Å²) < 4.78 is 4.67. The van der Waals surface area contributed by atoms with Crippen molar-refractivity contribution >= 4 is 22.4 Å². The summed E-state index contributed by atoms with van der Waals surface area (Å²) >= 11 is 1.27. The van der Waals surface area contributed by atoms with Crippen molar-refractivity contribution in [1.29, 1.82) is 0 Å². The van der Waals surface area contributed by atoms with Gasteiger partial charge in [-0.3, -0.25) is 0 Å². The summed E-state index contributed by atoms with van der Waals surface area (Å²) in [5.74, 6) is -0.363. The molecule has 6 nitrogen and oxygen atoms in total. The molecule has 94 valence electrons. The monoisotopic (exact) mass is 264 g/mol. The highest BCUT2D eigenvalue weighted by Crippen LogP contribution is 2.23. The Balaban J connectivity index is 2.05. The van der Waals surface area contributed by atoms with Gasteiger partial charge in [0.2, 0.25) is 0 Å². The molecule has 0 saturated carbocycles. The number of aryl methyl sites for hydroxylation is 1. The molecular weight excluding hydrogens is 252 g/mol. The molecule has 0 atom stereocenters. The van der Waals surface area contributed by atoms with E-state index in [1.165, 1.54) is 18.4 Å². The van der Waals surface area contributed by atoms with Gasteiger partial charge in [-0.25, -0.2) is 9.78 Å². The van der Waals surface area contributed by atoms with Gasteiger partial charge in [0.15, 0.2) is 5.13 Å². The van der Waals surface area contributed by atoms with E-state index in [0.717, 1.165) is 5.69 Å². The van der Waals surface area contributed by atoms with Crippen LogP contribution in [0.25, 0.3) is 0 Å². The third-order valence-electron chi connectivity index (χ3n) is 2.22. The van der Waals surface area contributed by atoms with Gasteiger partial charge in [-0.2, -0.15) is 10.2 Å². The van der Waals surface area contributed by atoms with E-state index in [2.05, 4.69) is 25.2 Å². The number of ether oxygens (including phenoxy) is 1. The summed E-state index contributed by atoms with van der Waals surface area (Å²) in [6.07, 6.45) is 1.62. The molecule has 2 aromatic heterocycles. The van der Waals surface area contributed by atoms with Crippen LogP contribution in [0.15, 0.2) is 18.3 Å². The van der Waals surface area contributed by atoms with Crippen LogP contribution in [0.5, 0.6) is 0 Å². The molecule has 0 spiro atoms. The molecule has 0 unspecified atom stereocenters. The van der Waals surface area contributed by atoms with Crippen LogP contribution in [-0.2, 0) is 11.3 Å². The quantitative estimate of drug-likeness (QED) is 0.846. The summed E-state index contributed by atoms with van der Waals surface area (Å²) in [5.41, 5.74) is 1.47. The zero-order chi connectivity index (χ0) is 13.0. The number of methoxy groups -OCH3 is 1. The first-order valence-corrected chi connectivity index (χ1v) is 6.08. The lowest BCUT2D eigenvalue weighted by Gasteiger charge is -1.99. The van der Waals surface area contributed by atoms with Gasteiger partial charge in [0, 0.05) is 6.20 Å². The van der Waals surface area contributed by atoms with Crippen LogP contribution >= 0.6 is 11.3 Å². The minimum Gasteiger partial charge on any atom is -0.465 e. The molecule has 0 aliphatic carbocycles. The van der Waals surface area contributed by atoms with Crippen molar-refractivity contribution in [1.82, 2.24) is 15.2 Å². The van der Waals surface area contributed by atoms with Crippen LogP contribution in [0.1, 0.15) is 21.1 Å². The zero-order valence-corrected chi connectivity index (χ0v) is 10.8. The maximum atomic E-state index is 11.4. The summed E-state index contributed by atoms with van der Waals surface area (Å²) in [6.45, 7) is 2.29. The molecule has 1 N–H and O–H groups in total. The summed E-state index contributed by atoms with van der Waals surface area (Å²) in [6, 6.07) is 3.68. The maximum Gasteiger partial charge on any atom is 0.350 e. The Bertz CT molecular complexity index is 541. The average molecular weight is 264 g/mol. The van der Waals surface area contributed by atoms with E-state index in [0.29, 0.717) is 22.2 Å². The van der Waals surface area contributed by atoms with E-state index in [4.69, 9.17) is 0 Å². The molecule has 0 aliphatic rings. The zero-order valence-electron chi connectivity index (χ0n) is 10.0. The van der Waals surface area contributed by atoms with Gasteiger partial charge in [0.1, 0.15) is 4.88 Å². The standard InChI is InChI=1S/C11H12N4O2S/c1-7-9(10(16)17-2)18-11(14-7)12-6-8-4-3-5-13-15-8/h3-5H,6H2,1-2H3,(H,12,14). The first-order chi connectivity index (χ1) is 8.70. The van der Waals surface area contributed by atoms with Gasteiger partial charge in [-0.15, -0.1) is 0 Å². The number of hydrogen-bond acceptors (Lipinski definition) is 7. The molecule has 2 rings (SSSR count). The van der Waals surface area contributed by atoms with Crippen LogP contribution in [0.4, 0.5) is 5.13 Å². The fourth-order valence-electron chi connectivity index (χ4n) is 1.35. The van der Waals surface area contributed by atoms with Crippen LogP contribution in [0.3, 0.4) is 0 Å². The van der Waals surface area contributed by atoms with E-state index < -0.39 is 0 Å². The number of nitrogens with one attached hydrogen (secondary N) is 1. The predicted molar refractivity (Wildman–Crippen MR) is 67.5 cm³/mol. The van der Waals surface area contributed by atoms with E-state index in [1.807, 2.05) is 12.1 Å². The largest absolute Gasteiger partial charge is 0.465 e. The number of aromatic nitrogens is 3. The Kier molecular flexibility index (Phi) is 3.83. The number of anilines is 1. The van der Waals surface area contributed by atoms with Crippen LogP contribution < -0.4 is 5.32 Å². The molecule has 2 aromatic rings. The number of rotatable bonds is 4. The Morgan fingerprint density at radius 1 is 1.56 bits per heavy atom. The number of hydrogen-bond donors (Lipinski definition) is 1. The number of thiazole rings is 1. The van der Waals surface area contributed by atoms with E-state index in [9.17, 15) is 4.79 Å². The minimum atomic E-state index is -0.363. The normalized spacial score (nSPS) is 10.1. The van der Waals surface area contributed by atoms with Gasteiger partial charge < -0.3 is 10.1 Å². The Labute approximate surface area is 108 Å². The predicted octanol–water partition coefficient (Wildman–Crippen LogP) is 1.64.